The summed E-state index contributed by atoms with van der Waals surface area (Å²) in [5.74, 6) is 1.66. The molecular formula is C10H16N6. The van der Waals surface area contributed by atoms with Gasteiger partial charge < -0.3 is 10.6 Å². The first-order valence-corrected chi connectivity index (χ1v) is 5.24. The molecule has 1 unspecified atom stereocenters. The van der Waals surface area contributed by atoms with E-state index in [2.05, 4.69) is 22.1 Å². The second-order valence-corrected chi connectivity index (χ2v) is 3.89. The first-order valence-electron chi connectivity index (χ1n) is 5.24. The molecule has 0 spiro atoms. The minimum atomic E-state index is 0.218. The van der Waals surface area contributed by atoms with Crippen molar-refractivity contribution < 1.29 is 0 Å². The monoisotopic (exact) mass is 220 g/mol. The molecule has 0 aliphatic heterocycles. The molecular weight excluding hydrogens is 204 g/mol. The summed E-state index contributed by atoms with van der Waals surface area (Å²) in [5, 5.41) is 8.16. The van der Waals surface area contributed by atoms with Crippen molar-refractivity contribution in [2.75, 3.05) is 18.5 Å². The highest BCUT2D eigenvalue weighted by atomic mass is 15.3. The van der Waals surface area contributed by atoms with Gasteiger partial charge in [-0.2, -0.15) is 0 Å². The van der Waals surface area contributed by atoms with Gasteiger partial charge in [0, 0.05) is 32.0 Å². The molecule has 6 nitrogen and oxygen atoms in total. The largest absolute Gasteiger partial charge is 0.353 e. The summed E-state index contributed by atoms with van der Waals surface area (Å²) >= 11 is 0. The Morgan fingerprint density at radius 1 is 1.50 bits per heavy atom. The van der Waals surface area contributed by atoms with E-state index in [9.17, 15) is 0 Å². The Hall–Kier alpha value is -1.69. The maximum Gasteiger partial charge on any atom is 0.203 e. The average molecular weight is 220 g/mol. The number of likely N-dealkylation sites (N-methyl/N-ethyl adjacent to an activating group) is 1. The Labute approximate surface area is 94.1 Å². The summed E-state index contributed by atoms with van der Waals surface area (Å²) < 4.78 is 1.92. The van der Waals surface area contributed by atoms with Gasteiger partial charge in [0.05, 0.1) is 0 Å². The topological polar surface area (TPSA) is 72.3 Å². The third-order valence-corrected chi connectivity index (χ3v) is 2.82. The van der Waals surface area contributed by atoms with Crippen LogP contribution < -0.4 is 10.6 Å². The highest BCUT2D eigenvalue weighted by Crippen LogP contribution is 2.17. The Morgan fingerprint density at radius 3 is 2.94 bits per heavy atom. The van der Waals surface area contributed by atoms with Crippen LogP contribution in [-0.4, -0.2) is 39.2 Å². The van der Waals surface area contributed by atoms with E-state index in [0.717, 1.165) is 17.3 Å². The zero-order valence-corrected chi connectivity index (χ0v) is 9.75. The van der Waals surface area contributed by atoms with Crippen LogP contribution in [0.4, 0.5) is 5.82 Å². The number of hydrogen-bond acceptors (Lipinski definition) is 5. The van der Waals surface area contributed by atoms with Crippen LogP contribution in [0.3, 0.4) is 0 Å². The molecule has 0 radical (unpaired) electrons. The number of fused-ring (bicyclic) bond motifs is 1. The van der Waals surface area contributed by atoms with E-state index in [-0.39, 0.29) is 6.04 Å². The third kappa shape index (κ3) is 1.61. The third-order valence-electron chi connectivity index (χ3n) is 2.82. The smallest absolute Gasteiger partial charge is 0.203 e. The summed E-state index contributed by atoms with van der Waals surface area (Å²) in [6.07, 6.45) is 3.60. The van der Waals surface area contributed by atoms with Crippen molar-refractivity contribution in [2.24, 2.45) is 5.73 Å². The molecule has 2 heterocycles. The molecule has 2 aromatic rings. The van der Waals surface area contributed by atoms with E-state index in [0.29, 0.717) is 6.54 Å². The van der Waals surface area contributed by atoms with E-state index in [4.69, 9.17) is 5.73 Å². The quantitative estimate of drug-likeness (QED) is 0.801. The molecule has 0 saturated heterocycles. The van der Waals surface area contributed by atoms with Crippen LogP contribution in [0.1, 0.15) is 12.7 Å². The minimum absolute atomic E-state index is 0.218. The predicted octanol–water partition coefficient (Wildman–Crippen LogP) is 0.216. The van der Waals surface area contributed by atoms with Crippen molar-refractivity contribution in [1.29, 1.82) is 0 Å². The van der Waals surface area contributed by atoms with Crippen LogP contribution in [0, 0.1) is 6.92 Å². The normalized spacial score (nSPS) is 13.0. The van der Waals surface area contributed by atoms with Crippen molar-refractivity contribution in [3.63, 3.8) is 0 Å². The SMILES string of the molecule is Cc1nnc2c(N(C)C(C)CN)nccn12. The average Bonchev–Trinajstić information content (AvgIpc) is 2.69. The zero-order valence-electron chi connectivity index (χ0n) is 9.75. The molecule has 2 aromatic heterocycles. The molecule has 1 atom stereocenters. The molecule has 0 fully saturated rings. The summed E-state index contributed by atoms with van der Waals surface area (Å²) in [6, 6.07) is 0.218. The van der Waals surface area contributed by atoms with Crippen LogP contribution in [0.2, 0.25) is 0 Å². The molecule has 16 heavy (non-hydrogen) atoms. The lowest BCUT2D eigenvalue weighted by Gasteiger charge is -2.24. The van der Waals surface area contributed by atoms with Crippen molar-refractivity contribution in [1.82, 2.24) is 19.6 Å². The Kier molecular flexibility index (Phi) is 2.74. The maximum atomic E-state index is 5.65. The van der Waals surface area contributed by atoms with Gasteiger partial charge in [0.1, 0.15) is 5.82 Å². The van der Waals surface area contributed by atoms with Crippen LogP contribution in [0.25, 0.3) is 5.65 Å². The lowest BCUT2D eigenvalue weighted by molar-refractivity contribution is 0.687. The number of nitrogens with two attached hydrogens (primary N) is 1. The van der Waals surface area contributed by atoms with Crippen molar-refractivity contribution in [3.8, 4) is 0 Å². The number of anilines is 1. The number of aryl methyl sites for hydroxylation is 1. The van der Waals surface area contributed by atoms with Gasteiger partial charge in [0.25, 0.3) is 0 Å². The molecule has 0 aliphatic carbocycles. The van der Waals surface area contributed by atoms with Gasteiger partial charge in [-0.1, -0.05) is 0 Å². The molecule has 0 amide bonds. The lowest BCUT2D eigenvalue weighted by atomic mass is 10.3. The van der Waals surface area contributed by atoms with E-state index in [1.165, 1.54) is 0 Å². The van der Waals surface area contributed by atoms with Crippen molar-refractivity contribution in [2.45, 2.75) is 19.9 Å². The van der Waals surface area contributed by atoms with E-state index >= 15 is 0 Å². The molecule has 6 heteroatoms. The number of aromatic nitrogens is 4. The van der Waals surface area contributed by atoms with Gasteiger partial charge in [-0.25, -0.2) is 4.98 Å². The summed E-state index contributed by atoms with van der Waals surface area (Å²) in [5.41, 5.74) is 6.41. The van der Waals surface area contributed by atoms with Gasteiger partial charge in [-0.3, -0.25) is 4.40 Å². The van der Waals surface area contributed by atoms with Gasteiger partial charge in [-0.05, 0) is 13.8 Å². The Bertz CT molecular complexity index is 491. The number of nitrogens with zero attached hydrogens (tertiary/aromatic N) is 5. The first-order chi connectivity index (χ1) is 7.65. The Morgan fingerprint density at radius 2 is 2.25 bits per heavy atom. The minimum Gasteiger partial charge on any atom is -0.353 e. The van der Waals surface area contributed by atoms with E-state index in [1.54, 1.807) is 6.20 Å². The fourth-order valence-electron chi connectivity index (χ4n) is 1.54. The van der Waals surface area contributed by atoms with Crippen LogP contribution in [-0.2, 0) is 0 Å². The highest BCUT2D eigenvalue weighted by molar-refractivity contribution is 5.63. The van der Waals surface area contributed by atoms with Crippen LogP contribution in [0.5, 0.6) is 0 Å². The second kappa shape index (κ2) is 4.05. The summed E-state index contributed by atoms with van der Waals surface area (Å²) in [7, 11) is 1.96. The first kappa shape index (κ1) is 10.8. The lowest BCUT2D eigenvalue weighted by Crippen LogP contribution is -2.36. The molecule has 0 aromatic carbocycles. The molecule has 86 valence electrons. The molecule has 0 saturated carbocycles. The van der Waals surface area contributed by atoms with Crippen LogP contribution in [0.15, 0.2) is 12.4 Å². The highest BCUT2D eigenvalue weighted by Gasteiger charge is 2.15. The molecule has 0 bridgehead atoms. The van der Waals surface area contributed by atoms with Crippen molar-refractivity contribution >= 4 is 11.5 Å². The van der Waals surface area contributed by atoms with Crippen LogP contribution >= 0.6 is 0 Å². The zero-order chi connectivity index (χ0) is 11.7. The number of rotatable bonds is 3. The van der Waals surface area contributed by atoms with Gasteiger partial charge in [0.15, 0.2) is 5.82 Å². The molecule has 2 N–H and O–H groups in total. The van der Waals surface area contributed by atoms with E-state index < -0.39 is 0 Å². The fraction of sp³-hybridized carbons (Fsp3) is 0.500. The summed E-state index contributed by atoms with van der Waals surface area (Å²) in [6.45, 7) is 4.54. The Balaban J connectivity index is 2.52. The standard InChI is InChI=1S/C10H16N6/c1-7(6-11)15(3)9-10-14-13-8(2)16(10)5-4-12-9/h4-5,7H,6,11H2,1-3H3. The maximum absolute atomic E-state index is 5.65. The molecule has 0 aliphatic rings. The van der Waals surface area contributed by atoms with E-state index in [1.807, 2.05) is 29.5 Å². The molecule has 2 rings (SSSR count). The van der Waals surface area contributed by atoms with Gasteiger partial charge in [0.2, 0.25) is 5.65 Å². The van der Waals surface area contributed by atoms with Crippen molar-refractivity contribution in [3.05, 3.63) is 18.2 Å². The summed E-state index contributed by atoms with van der Waals surface area (Å²) in [4.78, 5) is 6.35. The predicted molar refractivity (Wildman–Crippen MR) is 62.4 cm³/mol. The van der Waals surface area contributed by atoms with Gasteiger partial charge in [-0.15, -0.1) is 10.2 Å². The fourth-order valence-corrected chi connectivity index (χ4v) is 1.54. The number of hydrogen-bond donors (Lipinski definition) is 1. The van der Waals surface area contributed by atoms with Gasteiger partial charge >= 0.3 is 0 Å². The second-order valence-electron chi connectivity index (χ2n) is 3.89.